The molecule has 0 atom stereocenters. The molecule has 0 spiro atoms. The average Bonchev–Trinajstić information content (AvgIpc) is 0.771. The van der Waals surface area contributed by atoms with Crippen LogP contribution in [-0.4, -0.2) is 56.5 Å². The first-order valence-corrected chi connectivity index (χ1v) is 60.5. The molecule has 8 aromatic rings. The SMILES string of the molecule is Cc1c(C(F)(F)F)cc(C(F)(F)F)cc1C(F)(F)F.Cc1c([Si](C)(C)C)cccc1[Si](C)(C)C.Cc1cc(C(F)(F)F)cc(C(F)(F)F)c1.Cc1ccc(C(F)(F)F)cc1C(F)(F)F.Cc1ccc([Si](C)(C)C)cc1.Cc1ccc([Si](C)(C)C)cc1[Si](C)(C)C.Cc1cccc([Si](C)(C)C)c1.Cc1ccccc1[Si](C)(C)C. The Hall–Kier alpha value is -6.19. The maximum absolute atomic E-state index is 12.5. The van der Waals surface area contributed by atoms with E-state index in [2.05, 4.69) is 281 Å². The molecule has 0 radical (unpaired) electrons. The number of hydrogen-bond donors (Lipinski definition) is 0. The molecular formula is C84H113F21Si7. The molecule has 0 amide bonds. The van der Waals surface area contributed by atoms with Crippen molar-refractivity contribution in [3.63, 3.8) is 0 Å². The van der Waals surface area contributed by atoms with E-state index < -0.39 is 144 Å². The maximum Gasteiger partial charge on any atom is 0.416 e. The standard InChI is InChI=1S/2C13H24Si2.C10H5F9.3C10H16Si.2C9H6F6/c1-11-8-9-12(14(2,3)4)10-13(11)15(5,6)7;1-11-12(14(2,3)4)9-8-10-13(11)15(5,6)7;1-4-6(9(14,15)16)2-5(8(11,12)13)3-7(4)10(17,18)19;1-9-5-7-10(8-6-9)11(2,3)4;1-9-6-5-7-10(8-9)11(2,3)4;1-9-7-5-6-8-10(9)11(2,3)4;1-5-2-6(8(10,11)12)4-7(3-5)9(13,14)15;1-5-2-3-6(8(10,11)12)4-7(5)9(13,14)15/h2*8-10H,1-7H3;2-3H,1H3;3*5-8H,1-4H3;2*2-4H,1H3. The van der Waals surface area contributed by atoms with Crippen LogP contribution in [0.1, 0.15) is 83.5 Å². The number of halogens is 21. The molecule has 0 aliphatic rings. The third-order valence-corrected chi connectivity index (χ3v) is 32.4. The Balaban J connectivity index is 0.000000644. The minimum absolute atomic E-state index is 0.0721. The molecule has 0 aliphatic heterocycles. The summed E-state index contributed by atoms with van der Waals surface area (Å²) in [7, 11) is -7.84. The van der Waals surface area contributed by atoms with Gasteiger partial charge in [-0.05, 0) is 115 Å². The van der Waals surface area contributed by atoms with E-state index in [0.29, 0.717) is 25.1 Å². The molecule has 0 aromatic heterocycles. The first-order chi connectivity index (χ1) is 49.7. The smallest absolute Gasteiger partial charge is 0.166 e. The van der Waals surface area contributed by atoms with Crippen molar-refractivity contribution in [3.05, 3.63) is 241 Å². The third kappa shape index (κ3) is 35.1. The molecule has 0 fully saturated rings. The van der Waals surface area contributed by atoms with Crippen molar-refractivity contribution in [2.45, 2.75) is 236 Å². The highest BCUT2D eigenvalue weighted by Gasteiger charge is 2.44. The quantitative estimate of drug-likeness (QED) is 0.110. The summed E-state index contributed by atoms with van der Waals surface area (Å²) in [4.78, 5) is 0. The van der Waals surface area contributed by atoms with Gasteiger partial charge in [-0.25, -0.2) is 0 Å². The van der Waals surface area contributed by atoms with Crippen LogP contribution >= 0.6 is 0 Å². The number of alkyl halides is 21. The van der Waals surface area contributed by atoms with E-state index in [1.165, 1.54) is 29.2 Å². The van der Waals surface area contributed by atoms with Gasteiger partial charge in [-0.2, -0.15) is 92.2 Å². The fourth-order valence-corrected chi connectivity index (χ4v) is 22.7. The Bertz CT molecular complexity index is 4100. The van der Waals surface area contributed by atoms with E-state index in [-0.39, 0.29) is 35.4 Å². The Morgan fingerprint density at radius 1 is 0.188 bits per heavy atom. The molecule has 0 saturated heterocycles. The van der Waals surface area contributed by atoms with E-state index in [1.807, 2.05) is 0 Å². The highest BCUT2D eigenvalue weighted by atomic mass is 28.3. The van der Waals surface area contributed by atoms with E-state index in [0.717, 1.165) is 13.0 Å². The molecule has 8 aromatic carbocycles. The Morgan fingerprint density at radius 2 is 0.500 bits per heavy atom. The largest absolute Gasteiger partial charge is 0.416 e. The summed E-state index contributed by atoms with van der Waals surface area (Å²) in [6.45, 7) is 64.4. The maximum atomic E-state index is 12.5. The van der Waals surface area contributed by atoms with Gasteiger partial charge in [-0.15, -0.1) is 0 Å². The van der Waals surface area contributed by atoms with Gasteiger partial charge in [0.05, 0.1) is 95.5 Å². The Labute approximate surface area is 658 Å². The molecule has 0 saturated carbocycles. The predicted octanol–water partition coefficient (Wildman–Crippen LogP) is 26.9. The molecule has 624 valence electrons. The normalized spacial score (nSPS) is 12.7. The Morgan fingerprint density at radius 3 is 0.821 bits per heavy atom. The summed E-state index contributed by atoms with van der Waals surface area (Å²) < 4.78 is 258. The summed E-state index contributed by atoms with van der Waals surface area (Å²) in [5.74, 6) is 0. The molecule has 0 nitrogen and oxygen atoms in total. The molecular weight excluding hydrogens is 1600 g/mol. The molecule has 0 bridgehead atoms. The number of benzene rings is 8. The topological polar surface area (TPSA) is 0 Å². The van der Waals surface area contributed by atoms with Crippen molar-refractivity contribution < 1.29 is 92.2 Å². The second kappa shape index (κ2) is 39.2. The molecule has 0 N–H and O–H groups in total. The van der Waals surface area contributed by atoms with Crippen molar-refractivity contribution in [1.82, 2.24) is 0 Å². The van der Waals surface area contributed by atoms with Crippen molar-refractivity contribution in [1.29, 1.82) is 0 Å². The minimum Gasteiger partial charge on any atom is -0.166 e. The lowest BCUT2D eigenvalue weighted by molar-refractivity contribution is -0.150. The van der Waals surface area contributed by atoms with Gasteiger partial charge in [0.2, 0.25) is 0 Å². The van der Waals surface area contributed by atoms with Gasteiger partial charge >= 0.3 is 43.2 Å². The first-order valence-electron chi connectivity index (χ1n) is 36.0. The molecule has 112 heavy (non-hydrogen) atoms. The zero-order chi connectivity index (χ0) is 88.1. The lowest BCUT2D eigenvalue weighted by Gasteiger charge is -2.26. The zero-order valence-corrected chi connectivity index (χ0v) is 76.9. The fourth-order valence-electron chi connectivity index (χ4n) is 11.4. The fraction of sp³-hybridized carbons (Fsp3) is 0.429. The monoisotopic (exact) mass is 1720 g/mol. The molecule has 8 rings (SSSR count). The van der Waals surface area contributed by atoms with Gasteiger partial charge in [-0.1, -0.05) is 317 Å². The van der Waals surface area contributed by atoms with Crippen molar-refractivity contribution >= 4 is 92.8 Å². The average molecular weight is 1720 g/mol. The van der Waals surface area contributed by atoms with Gasteiger partial charge in [0.25, 0.3) is 0 Å². The van der Waals surface area contributed by atoms with Crippen LogP contribution in [0.15, 0.2) is 158 Å². The second-order valence-electron chi connectivity index (χ2n) is 35.1. The first kappa shape index (κ1) is 104. The van der Waals surface area contributed by atoms with Gasteiger partial charge < -0.3 is 0 Å². The van der Waals surface area contributed by atoms with Crippen LogP contribution in [0.4, 0.5) is 92.2 Å². The summed E-state index contributed by atoms with van der Waals surface area (Å²) >= 11 is 0. The lowest BCUT2D eigenvalue weighted by Crippen LogP contribution is -2.48. The highest BCUT2D eigenvalue weighted by molar-refractivity contribution is 6.93. The molecule has 0 heterocycles. The van der Waals surface area contributed by atoms with Gasteiger partial charge in [0.15, 0.2) is 0 Å². The van der Waals surface area contributed by atoms with E-state index >= 15 is 0 Å². The van der Waals surface area contributed by atoms with Crippen LogP contribution in [0, 0.1) is 55.4 Å². The van der Waals surface area contributed by atoms with Crippen LogP contribution in [0.25, 0.3) is 0 Å². The van der Waals surface area contributed by atoms with E-state index in [9.17, 15) is 92.2 Å². The van der Waals surface area contributed by atoms with Crippen LogP contribution in [0.2, 0.25) is 137 Å². The summed E-state index contributed by atoms with van der Waals surface area (Å²) in [6, 6.07) is 43.0. The van der Waals surface area contributed by atoms with Crippen LogP contribution in [-0.2, 0) is 43.2 Å². The van der Waals surface area contributed by atoms with Crippen molar-refractivity contribution in [2.24, 2.45) is 0 Å². The number of hydrogen-bond acceptors (Lipinski definition) is 0. The zero-order valence-electron chi connectivity index (χ0n) is 69.9. The second-order valence-corrected chi connectivity index (χ2v) is 70.5. The van der Waals surface area contributed by atoms with Crippen molar-refractivity contribution in [3.8, 4) is 0 Å². The minimum atomic E-state index is -5.30. The van der Waals surface area contributed by atoms with Gasteiger partial charge in [0, 0.05) is 0 Å². The van der Waals surface area contributed by atoms with E-state index in [1.54, 1.807) is 41.9 Å². The van der Waals surface area contributed by atoms with E-state index in [4.69, 9.17) is 0 Å². The molecule has 0 aliphatic carbocycles. The van der Waals surface area contributed by atoms with Crippen LogP contribution < -0.4 is 36.3 Å². The van der Waals surface area contributed by atoms with Crippen LogP contribution in [0.5, 0.6) is 0 Å². The third-order valence-electron chi connectivity index (χ3n) is 17.6. The highest BCUT2D eigenvalue weighted by Crippen LogP contribution is 2.44. The number of aryl methyl sites for hydroxylation is 6. The van der Waals surface area contributed by atoms with Gasteiger partial charge in [-0.3, -0.25) is 0 Å². The summed E-state index contributed by atoms with van der Waals surface area (Å²) in [5.41, 5.74) is -5.33. The molecule has 28 heteroatoms. The summed E-state index contributed by atoms with van der Waals surface area (Å²) in [6.07, 6.45) is -34.9. The van der Waals surface area contributed by atoms with Crippen LogP contribution in [0.3, 0.4) is 0 Å². The predicted molar refractivity (Wildman–Crippen MR) is 445 cm³/mol. The molecule has 0 unspecified atom stereocenters. The summed E-state index contributed by atoms with van der Waals surface area (Å²) in [5, 5.41) is 11.2. The van der Waals surface area contributed by atoms with Gasteiger partial charge in [0.1, 0.15) is 0 Å². The Kier molecular flexibility index (Phi) is 36.3. The lowest BCUT2D eigenvalue weighted by atomic mass is 9.97. The number of rotatable bonds is 7. The van der Waals surface area contributed by atoms with Crippen molar-refractivity contribution in [2.75, 3.05) is 0 Å².